The number of piperidine rings is 1. The van der Waals surface area contributed by atoms with Crippen LogP contribution in [0.1, 0.15) is 44.9 Å². The molecule has 0 aromatic heterocycles. The molecule has 26 heavy (non-hydrogen) atoms. The van der Waals surface area contributed by atoms with E-state index in [0.717, 1.165) is 37.3 Å². The van der Waals surface area contributed by atoms with E-state index >= 15 is 0 Å². The fourth-order valence-electron chi connectivity index (χ4n) is 3.43. The third-order valence-corrected chi connectivity index (χ3v) is 5.28. The molecule has 1 fully saturated rings. The minimum absolute atomic E-state index is 0. The van der Waals surface area contributed by atoms with Gasteiger partial charge in [0.15, 0.2) is 0 Å². The number of anilines is 1. The highest BCUT2D eigenvalue weighted by molar-refractivity contribution is 6.28. The predicted octanol–water partition coefficient (Wildman–Crippen LogP) is 2.35. The summed E-state index contributed by atoms with van der Waals surface area (Å²) in [5.41, 5.74) is 1.01. The third kappa shape index (κ3) is 3.85. The lowest BCUT2D eigenvalue weighted by molar-refractivity contribution is -0.119. The van der Waals surface area contributed by atoms with Gasteiger partial charge in [0.2, 0.25) is 0 Å². The quantitative estimate of drug-likeness (QED) is 0.822. The number of carbonyl (C=O) groups is 3. The second-order valence-corrected chi connectivity index (χ2v) is 6.93. The van der Waals surface area contributed by atoms with Crippen LogP contribution in [0.15, 0.2) is 36.4 Å². The van der Waals surface area contributed by atoms with Crippen molar-refractivity contribution in [2.24, 2.45) is 0 Å². The highest BCUT2D eigenvalue weighted by Gasteiger charge is 2.26. The molecule has 2 heterocycles. The Balaban J connectivity index is 0.00000261. The summed E-state index contributed by atoms with van der Waals surface area (Å²) in [4.78, 5) is 39.4. The van der Waals surface area contributed by atoms with Gasteiger partial charge in [-0.3, -0.25) is 14.4 Å². The second-order valence-electron chi connectivity index (χ2n) is 6.93. The zero-order valence-corrected chi connectivity index (χ0v) is 15.3. The highest BCUT2D eigenvalue weighted by Crippen LogP contribution is 2.20. The van der Waals surface area contributed by atoms with Gasteiger partial charge < -0.3 is 10.2 Å². The number of likely N-dealkylation sites (tertiary alicyclic amines) is 1. The van der Waals surface area contributed by atoms with Crippen LogP contribution in [0.3, 0.4) is 0 Å². The van der Waals surface area contributed by atoms with Crippen molar-refractivity contribution in [3.05, 3.63) is 42.0 Å². The molecule has 140 valence electrons. The van der Waals surface area contributed by atoms with Crippen LogP contribution in [0.4, 0.5) is 5.69 Å². The molecule has 3 rings (SSSR count). The van der Waals surface area contributed by atoms with Crippen LogP contribution in [0.25, 0.3) is 0 Å². The second kappa shape index (κ2) is 7.83. The molecule has 1 atom stereocenters. The maximum atomic E-state index is 12.5. The van der Waals surface area contributed by atoms with Gasteiger partial charge in [-0.15, -0.1) is 0 Å². The molecule has 3 amide bonds. The van der Waals surface area contributed by atoms with E-state index in [1.807, 2.05) is 0 Å². The SMILES string of the molecule is CCC(C)N1CCC(NC(=O)c2ccc(N3C(=O)C=CC3=O)cc2)CC1.[HH]. The maximum Gasteiger partial charge on any atom is 0.258 e. The summed E-state index contributed by atoms with van der Waals surface area (Å²) >= 11 is 0. The molecule has 2 aliphatic rings. The number of hydrogen-bond donors (Lipinski definition) is 1. The first-order chi connectivity index (χ1) is 12.5. The number of nitrogens with one attached hydrogen (secondary N) is 1. The van der Waals surface area contributed by atoms with Crippen LogP contribution in [-0.2, 0) is 9.59 Å². The van der Waals surface area contributed by atoms with E-state index in [1.165, 1.54) is 12.2 Å². The Morgan fingerprint density at radius 1 is 1.15 bits per heavy atom. The average molecular weight is 357 g/mol. The van der Waals surface area contributed by atoms with Gasteiger partial charge in [0.25, 0.3) is 17.7 Å². The monoisotopic (exact) mass is 357 g/mol. The van der Waals surface area contributed by atoms with E-state index in [1.54, 1.807) is 24.3 Å². The number of amides is 3. The molecule has 2 aliphatic heterocycles. The topological polar surface area (TPSA) is 69.7 Å². The third-order valence-electron chi connectivity index (χ3n) is 5.28. The summed E-state index contributed by atoms with van der Waals surface area (Å²) in [6.07, 6.45) is 5.54. The first-order valence-corrected chi connectivity index (χ1v) is 9.20. The molecular weight excluding hydrogens is 330 g/mol. The van der Waals surface area contributed by atoms with Crippen LogP contribution < -0.4 is 10.2 Å². The van der Waals surface area contributed by atoms with Crippen LogP contribution in [-0.4, -0.2) is 47.8 Å². The minimum atomic E-state index is -0.361. The largest absolute Gasteiger partial charge is 0.349 e. The standard InChI is InChI=1S/C20H25N3O3.H2/c1-3-14(2)22-12-10-16(11-13-22)21-20(26)15-4-6-17(7-5-15)23-18(24)8-9-19(23)25;/h4-9,14,16H,3,10-13H2,1-2H3,(H,21,26);1H. The maximum absolute atomic E-state index is 12.5. The van der Waals surface area contributed by atoms with Crippen molar-refractivity contribution in [2.75, 3.05) is 18.0 Å². The number of nitrogens with zero attached hydrogens (tertiary/aromatic N) is 2. The Labute approximate surface area is 155 Å². The first kappa shape index (κ1) is 18.3. The van der Waals surface area contributed by atoms with Crippen molar-refractivity contribution < 1.29 is 15.8 Å². The zero-order chi connectivity index (χ0) is 18.7. The number of imide groups is 1. The van der Waals surface area contributed by atoms with Crippen LogP contribution in [0.5, 0.6) is 0 Å². The van der Waals surface area contributed by atoms with Crippen molar-refractivity contribution in [1.82, 2.24) is 10.2 Å². The Hall–Kier alpha value is -2.47. The predicted molar refractivity (Wildman–Crippen MR) is 102 cm³/mol. The van der Waals surface area contributed by atoms with Crippen LogP contribution in [0, 0.1) is 0 Å². The zero-order valence-electron chi connectivity index (χ0n) is 15.3. The molecule has 0 spiro atoms. The number of benzene rings is 1. The van der Waals surface area contributed by atoms with E-state index in [4.69, 9.17) is 0 Å². The molecule has 6 nitrogen and oxygen atoms in total. The van der Waals surface area contributed by atoms with E-state index in [0.29, 0.717) is 17.3 Å². The van der Waals surface area contributed by atoms with Gasteiger partial charge in [0.05, 0.1) is 5.69 Å². The number of carbonyl (C=O) groups excluding carboxylic acids is 3. The average Bonchev–Trinajstić information content (AvgIpc) is 3.00. The number of rotatable bonds is 5. The smallest absolute Gasteiger partial charge is 0.258 e. The van der Waals surface area contributed by atoms with Crippen molar-refractivity contribution in [3.63, 3.8) is 0 Å². The van der Waals surface area contributed by atoms with Gasteiger partial charge in [-0.25, -0.2) is 4.90 Å². The fraction of sp³-hybridized carbons (Fsp3) is 0.450. The van der Waals surface area contributed by atoms with Crippen LogP contribution in [0.2, 0.25) is 0 Å². The summed E-state index contributed by atoms with van der Waals surface area (Å²) in [6, 6.07) is 7.33. The minimum Gasteiger partial charge on any atom is -0.349 e. The Morgan fingerprint density at radius 3 is 2.27 bits per heavy atom. The van der Waals surface area contributed by atoms with E-state index < -0.39 is 0 Å². The fourth-order valence-corrected chi connectivity index (χ4v) is 3.43. The molecule has 6 heteroatoms. The summed E-state index contributed by atoms with van der Waals surface area (Å²) in [7, 11) is 0. The molecule has 1 aromatic carbocycles. The van der Waals surface area contributed by atoms with Gasteiger partial charge in [0, 0.05) is 44.3 Å². The molecule has 0 radical (unpaired) electrons. The molecule has 0 saturated carbocycles. The Kier molecular flexibility index (Phi) is 5.52. The summed E-state index contributed by atoms with van der Waals surface area (Å²) in [5, 5.41) is 3.09. The molecule has 1 N–H and O–H groups in total. The molecule has 1 aromatic rings. The van der Waals surface area contributed by atoms with Gasteiger partial charge >= 0.3 is 0 Å². The van der Waals surface area contributed by atoms with Gasteiger partial charge in [0.1, 0.15) is 0 Å². The van der Waals surface area contributed by atoms with Crippen molar-refractivity contribution in [3.8, 4) is 0 Å². The van der Waals surface area contributed by atoms with E-state index in [2.05, 4.69) is 24.1 Å². The lowest BCUT2D eigenvalue weighted by atomic mass is 10.0. The van der Waals surface area contributed by atoms with E-state index in [-0.39, 0.29) is 25.2 Å². The molecular formula is C20H27N3O3. The molecule has 1 saturated heterocycles. The summed E-state index contributed by atoms with van der Waals surface area (Å²) < 4.78 is 0. The molecule has 0 aliphatic carbocycles. The molecule has 0 bridgehead atoms. The van der Waals surface area contributed by atoms with Gasteiger partial charge in [-0.05, 0) is 50.5 Å². The summed E-state index contributed by atoms with van der Waals surface area (Å²) in [6.45, 7) is 6.45. The Morgan fingerprint density at radius 2 is 1.73 bits per heavy atom. The van der Waals surface area contributed by atoms with Crippen molar-refractivity contribution in [1.29, 1.82) is 0 Å². The molecule has 1 unspecified atom stereocenters. The number of hydrogen-bond acceptors (Lipinski definition) is 4. The lowest BCUT2D eigenvalue weighted by Crippen LogP contribution is -2.47. The first-order valence-electron chi connectivity index (χ1n) is 9.20. The van der Waals surface area contributed by atoms with Gasteiger partial charge in [-0.1, -0.05) is 6.92 Å². The van der Waals surface area contributed by atoms with Crippen molar-refractivity contribution >= 4 is 23.4 Å². The van der Waals surface area contributed by atoms with Crippen molar-refractivity contribution in [2.45, 2.75) is 45.2 Å². The van der Waals surface area contributed by atoms with Crippen LogP contribution >= 0.6 is 0 Å². The highest BCUT2D eigenvalue weighted by atomic mass is 16.2. The lowest BCUT2D eigenvalue weighted by Gasteiger charge is -2.36. The van der Waals surface area contributed by atoms with Gasteiger partial charge in [-0.2, -0.15) is 0 Å². The Bertz CT molecular complexity index is 706. The normalized spacial score (nSPS) is 19.8. The summed E-state index contributed by atoms with van der Waals surface area (Å²) in [5.74, 6) is -0.837. The van der Waals surface area contributed by atoms with E-state index in [9.17, 15) is 14.4 Å².